The molecule has 1 heterocycles. The number of benzene rings is 1. The number of hydrogen-bond donors (Lipinski definition) is 2. The highest BCUT2D eigenvalue weighted by molar-refractivity contribution is 7.80. The number of thiocarbonyl (C=S) groups is 1. The molecular formula is C16H19N3S. The molecular weight excluding hydrogens is 266 g/mol. The Labute approximate surface area is 125 Å². The van der Waals surface area contributed by atoms with Crippen molar-refractivity contribution in [1.29, 1.82) is 0 Å². The molecule has 1 aromatic heterocycles. The van der Waals surface area contributed by atoms with Crippen molar-refractivity contribution in [2.24, 2.45) is 5.73 Å². The van der Waals surface area contributed by atoms with E-state index in [1.165, 1.54) is 5.56 Å². The molecule has 0 amide bonds. The normalized spacial score (nSPS) is 11.8. The molecule has 3 N–H and O–H groups in total. The first kappa shape index (κ1) is 14.5. The van der Waals surface area contributed by atoms with E-state index in [0.717, 1.165) is 24.1 Å². The van der Waals surface area contributed by atoms with Gasteiger partial charge in [-0.1, -0.05) is 42.5 Å². The van der Waals surface area contributed by atoms with Crippen LogP contribution in [0, 0.1) is 0 Å². The van der Waals surface area contributed by atoms with Crippen molar-refractivity contribution in [2.45, 2.75) is 25.8 Å². The van der Waals surface area contributed by atoms with Crippen molar-refractivity contribution in [2.75, 3.05) is 5.32 Å². The lowest BCUT2D eigenvalue weighted by Crippen LogP contribution is -2.20. The Morgan fingerprint density at radius 2 is 2.05 bits per heavy atom. The number of rotatable bonds is 6. The summed E-state index contributed by atoms with van der Waals surface area (Å²) in [5.74, 6) is 0. The van der Waals surface area contributed by atoms with Crippen LogP contribution in [0.4, 0.5) is 5.69 Å². The molecule has 2 aromatic rings. The standard InChI is InChI=1S/C16H19N3S/c1-12(7-8-13-5-3-2-4-6-13)19-15-11-18-10-9-14(15)16(17)20/h2-6,9-12,19H,7-8H2,1H3,(H2,17,20). The van der Waals surface area contributed by atoms with Gasteiger partial charge in [0.15, 0.2) is 0 Å². The average Bonchev–Trinajstić information content (AvgIpc) is 2.46. The van der Waals surface area contributed by atoms with E-state index in [0.29, 0.717) is 11.0 Å². The first-order valence-corrected chi connectivity index (χ1v) is 7.12. The number of pyridine rings is 1. The van der Waals surface area contributed by atoms with Gasteiger partial charge in [-0.05, 0) is 31.4 Å². The molecule has 4 heteroatoms. The second-order valence-corrected chi connectivity index (χ2v) is 5.29. The highest BCUT2D eigenvalue weighted by atomic mass is 32.1. The molecule has 0 aliphatic carbocycles. The Bertz CT molecular complexity index is 569. The summed E-state index contributed by atoms with van der Waals surface area (Å²) in [6.07, 6.45) is 5.55. The van der Waals surface area contributed by atoms with Gasteiger partial charge in [-0.25, -0.2) is 0 Å². The van der Waals surface area contributed by atoms with Crippen molar-refractivity contribution < 1.29 is 0 Å². The molecule has 0 fully saturated rings. The molecule has 0 bridgehead atoms. The SMILES string of the molecule is CC(CCc1ccccc1)Nc1cnccc1C(N)=S. The molecule has 0 spiro atoms. The maximum Gasteiger partial charge on any atom is 0.106 e. The zero-order chi connectivity index (χ0) is 14.4. The van der Waals surface area contributed by atoms with Crippen LogP contribution in [0.25, 0.3) is 0 Å². The number of nitrogens with two attached hydrogens (primary N) is 1. The Kier molecular flexibility index (Phi) is 5.07. The Morgan fingerprint density at radius 1 is 1.30 bits per heavy atom. The summed E-state index contributed by atoms with van der Waals surface area (Å²) in [6, 6.07) is 12.6. The van der Waals surface area contributed by atoms with Crippen molar-refractivity contribution >= 4 is 22.9 Å². The van der Waals surface area contributed by atoms with Gasteiger partial charge in [-0.2, -0.15) is 0 Å². The van der Waals surface area contributed by atoms with Crippen LogP contribution in [-0.2, 0) is 6.42 Å². The van der Waals surface area contributed by atoms with Gasteiger partial charge in [0.25, 0.3) is 0 Å². The summed E-state index contributed by atoms with van der Waals surface area (Å²) in [4.78, 5) is 4.52. The fourth-order valence-electron chi connectivity index (χ4n) is 2.09. The summed E-state index contributed by atoms with van der Waals surface area (Å²) in [5, 5.41) is 3.43. The van der Waals surface area contributed by atoms with E-state index in [1.807, 2.05) is 12.1 Å². The van der Waals surface area contributed by atoms with Crippen LogP contribution in [0.1, 0.15) is 24.5 Å². The zero-order valence-electron chi connectivity index (χ0n) is 11.5. The summed E-state index contributed by atoms with van der Waals surface area (Å²) in [7, 11) is 0. The second kappa shape index (κ2) is 7.01. The van der Waals surface area contributed by atoms with Crippen molar-refractivity contribution in [3.8, 4) is 0 Å². The van der Waals surface area contributed by atoms with Crippen molar-refractivity contribution in [3.05, 3.63) is 59.9 Å². The van der Waals surface area contributed by atoms with E-state index in [9.17, 15) is 0 Å². The lowest BCUT2D eigenvalue weighted by atomic mass is 10.1. The largest absolute Gasteiger partial charge is 0.389 e. The fourth-order valence-corrected chi connectivity index (χ4v) is 2.27. The van der Waals surface area contributed by atoms with Crippen LogP contribution in [0.2, 0.25) is 0 Å². The summed E-state index contributed by atoms with van der Waals surface area (Å²) in [5.41, 5.74) is 8.82. The van der Waals surface area contributed by atoms with Gasteiger partial charge in [0.1, 0.15) is 4.99 Å². The van der Waals surface area contributed by atoms with E-state index in [2.05, 4.69) is 41.5 Å². The van der Waals surface area contributed by atoms with E-state index < -0.39 is 0 Å². The van der Waals surface area contributed by atoms with Crippen LogP contribution in [0.3, 0.4) is 0 Å². The van der Waals surface area contributed by atoms with Crippen LogP contribution in [0.15, 0.2) is 48.8 Å². The maximum atomic E-state index is 5.72. The quantitative estimate of drug-likeness (QED) is 0.801. The highest BCUT2D eigenvalue weighted by Crippen LogP contribution is 2.16. The van der Waals surface area contributed by atoms with Gasteiger partial charge in [-0.3, -0.25) is 4.98 Å². The minimum Gasteiger partial charge on any atom is -0.389 e. The predicted octanol–water partition coefficient (Wildman–Crippen LogP) is 3.15. The minimum atomic E-state index is 0.326. The van der Waals surface area contributed by atoms with E-state index in [4.69, 9.17) is 18.0 Å². The summed E-state index contributed by atoms with van der Waals surface area (Å²) in [6.45, 7) is 2.15. The first-order chi connectivity index (χ1) is 9.66. The van der Waals surface area contributed by atoms with Gasteiger partial charge in [0, 0.05) is 17.8 Å². The number of aryl methyl sites for hydroxylation is 1. The maximum absolute atomic E-state index is 5.72. The van der Waals surface area contributed by atoms with E-state index in [1.54, 1.807) is 12.4 Å². The number of nitrogens with one attached hydrogen (secondary N) is 1. The molecule has 0 aliphatic heterocycles. The topological polar surface area (TPSA) is 50.9 Å². The molecule has 1 aromatic carbocycles. The first-order valence-electron chi connectivity index (χ1n) is 6.71. The highest BCUT2D eigenvalue weighted by Gasteiger charge is 2.08. The van der Waals surface area contributed by atoms with Gasteiger partial charge in [-0.15, -0.1) is 0 Å². The second-order valence-electron chi connectivity index (χ2n) is 4.86. The number of aromatic nitrogens is 1. The molecule has 0 radical (unpaired) electrons. The smallest absolute Gasteiger partial charge is 0.106 e. The molecule has 0 aliphatic rings. The molecule has 20 heavy (non-hydrogen) atoms. The molecule has 0 saturated heterocycles. The minimum absolute atomic E-state index is 0.326. The zero-order valence-corrected chi connectivity index (χ0v) is 12.4. The molecule has 0 saturated carbocycles. The summed E-state index contributed by atoms with van der Waals surface area (Å²) < 4.78 is 0. The van der Waals surface area contributed by atoms with E-state index >= 15 is 0 Å². The third kappa shape index (κ3) is 4.03. The van der Waals surface area contributed by atoms with Crippen molar-refractivity contribution in [1.82, 2.24) is 4.98 Å². The van der Waals surface area contributed by atoms with Gasteiger partial charge < -0.3 is 11.1 Å². The fraction of sp³-hybridized carbons (Fsp3) is 0.250. The molecule has 1 atom stereocenters. The molecule has 2 rings (SSSR count). The Hall–Kier alpha value is -1.94. The third-order valence-electron chi connectivity index (χ3n) is 3.20. The third-order valence-corrected chi connectivity index (χ3v) is 3.42. The predicted molar refractivity (Wildman–Crippen MR) is 88.0 cm³/mol. The van der Waals surface area contributed by atoms with Gasteiger partial charge in [0.2, 0.25) is 0 Å². The van der Waals surface area contributed by atoms with Crippen molar-refractivity contribution in [3.63, 3.8) is 0 Å². The monoisotopic (exact) mass is 285 g/mol. The van der Waals surface area contributed by atoms with Crippen LogP contribution in [-0.4, -0.2) is 16.0 Å². The molecule has 1 unspecified atom stereocenters. The Balaban J connectivity index is 1.95. The average molecular weight is 285 g/mol. The molecule has 3 nitrogen and oxygen atoms in total. The lowest BCUT2D eigenvalue weighted by molar-refractivity contribution is 0.705. The van der Waals surface area contributed by atoms with Gasteiger partial charge >= 0.3 is 0 Å². The number of anilines is 1. The molecule has 104 valence electrons. The summed E-state index contributed by atoms with van der Waals surface area (Å²) >= 11 is 5.05. The number of hydrogen-bond acceptors (Lipinski definition) is 3. The van der Waals surface area contributed by atoms with Crippen LogP contribution < -0.4 is 11.1 Å². The van der Waals surface area contributed by atoms with Crippen LogP contribution >= 0.6 is 12.2 Å². The number of nitrogens with zero attached hydrogens (tertiary/aromatic N) is 1. The lowest BCUT2D eigenvalue weighted by Gasteiger charge is -2.17. The van der Waals surface area contributed by atoms with Crippen LogP contribution in [0.5, 0.6) is 0 Å². The Morgan fingerprint density at radius 3 is 2.75 bits per heavy atom. The van der Waals surface area contributed by atoms with E-state index in [-0.39, 0.29) is 0 Å². The van der Waals surface area contributed by atoms with Gasteiger partial charge in [0.05, 0.1) is 11.9 Å².